The predicted octanol–water partition coefficient (Wildman–Crippen LogP) is 3.30. The van der Waals surface area contributed by atoms with Crippen LogP contribution in [0.3, 0.4) is 0 Å². The minimum Gasteiger partial charge on any atom is -0.337 e. The van der Waals surface area contributed by atoms with Crippen LogP contribution in [0, 0.1) is 20.8 Å². The highest BCUT2D eigenvalue weighted by Crippen LogP contribution is 2.22. The van der Waals surface area contributed by atoms with Crippen LogP contribution in [-0.2, 0) is 10.0 Å². The Labute approximate surface area is 172 Å². The molecule has 0 atom stereocenters. The Morgan fingerprint density at radius 2 is 1.83 bits per heavy atom. The van der Waals surface area contributed by atoms with Gasteiger partial charge in [-0.25, -0.2) is 18.1 Å². The number of sulfonamides is 1. The van der Waals surface area contributed by atoms with E-state index < -0.39 is 15.9 Å². The largest absolute Gasteiger partial charge is 0.337 e. The standard InChI is InChI=1S/C20H19N5O4S/c1-12-8-9-25-11-17(22-18(25)10-12)19(26)21-15-4-6-16(7-5-15)30(27,28)24-20-13(2)14(3)23-29-20/h4-11,24H,1-3H3,(H,21,26). The lowest BCUT2D eigenvalue weighted by molar-refractivity contribution is 0.102. The van der Waals surface area contributed by atoms with Crippen LogP contribution in [-0.4, -0.2) is 28.9 Å². The first-order chi connectivity index (χ1) is 14.2. The van der Waals surface area contributed by atoms with E-state index in [-0.39, 0.29) is 16.5 Å². The maximum absolute atomic E-state index is 12.5. The molecule has 1 aromatic carbocycles. The molecule has 0 aliphatic heterocycles. The number of benzene rings is 1. The van der Waals surface area contributed by atoms with Gasteiger partial charge in [0.2, 0.25) is 5.88 Å². The molecular weight excluding hydrogens is 406 g/mol. The van der Waals surface area contributed by atoms with Gasteiger partial charge in [0.1, 0.15) is 11.3 Å². The van der Waals surface area contributed by atoms with Gasteiger partial charge >= 0.3 is 0 Å². The SMILES string of the molecule is Cc1ccn2cc(C(=O)Nc3ccc(S(=O)(=O)Nc4onc(C)c4C)cc3)nc2c1. The molecule has 30 heavy (non-hydrogen) atoms. The zero-order valence-corrected chi connectivity index (χ0v) is 17.3. The van der Waals surface area contributed by atoms with Gasteiger partial charge < -0.3 is 14.2 Å². The molecule has 0 fully saturated rings. The fourth-order valence-corrected chi connectivity index (χ4v) is 3.84. The van der Waals surface area contributed by atoms with Gasteiger partial charge in [0.15, 0.2) is 0 Å². The average molecular weight is 425 g/mol. The molecule has 0 aliphatic rings. The number of aromatic nitrogens is 3. The van der Waals surface area contributed by atoms with Crippen LogP contribution in [0.25, 0.3) is 5.65 Å². The summed E-state index contributed by atoms with van der Waals surface area (Å²) in [5.74, 6) is -0.315. The first kappa shape index (κ1) is 19.6. The number of rotatable bonds is 5. The summed E-state index contributed by atoms with van der Waals surface area (Å²) in [6.07, 6.45) is 3.47. The van der Waals surface area contributed by atoms with Gasteiger partial charge in [-0.1, -0.05) is 5.16 Å². The molecule has 3 heterocycles. The van der Waals surface area contributed by atoms with Crippen molar-refractivity contribution >= 4 is 33.1 Å². The molecule has 0 spiro atoms. The Bertz CT molecular complexity index is 1350. The van der Waals surface area contributed by atoms with Crippen molar-refractivity contribution in [3.8, 4) is 0 Å². The van der Waals surface area contributed by atoms with Crippen molar-refractivity contribution in [1.82, 2.24) is 14.5 Å². The van der Waals surface area contributed by atoms with E-state index in [2.05, 4.69) is 20.2 Å². The lowest BCUT2D eigenvalue weighted by Crippen LogP contribution is -2.14. The minimum absolute atomic E-state index is 0.0251. The summed E-state index contributed by atoms with van der Waals surface area (Å²) in [6.45, 7) is 5.38. The highest BCUT2D eigenvalue weighted by atomic mass is 32.2. The van der Waals surface area contributed by atoms with Crippen molar-refractivity contribution in [2.24, 2.45) is 0 Å². The number of anilines is 2. The van der Waals surface area contributed by atoms with Gasteiger partial charge in [-0.3, -0.25) is 4.79 Å². The second-order valence-corrected chi connectivity index (χ2v) is 8.58. The van der Waals surface area contributed by atoms with Crippen molar-refractivity contribution in [3.05, 3.63) is 71.3 Å². The summed E-state index contributed by atoms with van der Waals surface area (Å²) >= 11 is 0. The lowest BCUT2D eigenvalue weighted by atomic mass is 10.3. The molecule has 0 radical (unpaired) electrons. The molecule has 0 bridgehead atoms. The Morgan fingerprint density at radius 3 is 2.50 bits per heavy atom. The van der Waals surface area contributed by atoms with Crippen LogP contribution < -0.4 is 10.0 Å². The number of hydrogen-bond donors (Lipinski definition) is 2. The number of fused-ring (bicyclic) bond motifs is 1. The summed E-state index contributed by atoms with van der Waals surface area (Å²) in [7, 11) is -3.85. The second-order valence-electron chi connectivity index (χ2n) is 6.90. The number of nitrogens with zero attached hydrogens (tertiary/aromatic N) is 3. The summed E-state index contributed by atoms with van der Waals surface area (Å²) in [6, 6.07) is 9.59. The monoisotopic (exact) mass is 425 g/mol. The van der Waals surface area contributed by atoms with Gasteiger partial charge in [-0.2, -0.15) is 0 Å². The lowest BCUT2D eigenvalue weighted by Gasteiger charge is -2.07. The summed E-state index contributed by atoms with van der Waals surface area (Å²) < 4.78 is 34.2. The smallest absolute Gasteiger partial charge is 0.275 e. The number of hydrogen-bond acceptors (Lipinski definition) is 6. The highest BCUT2D eigenvalue weighted by molar-refractivity contribution is 7.92. The van der Waals surface area contributed by atoms with E-state index in [1.54, 1.807) is 24.4 Å². The molecule has 0 aliphatic carbocycles. The van der Waals surface area contributed by atoms with Crippen LogP contribution in [0.4, 0.5) is 11.6 Å². The van der Waals surface area contributed by atoms with E-state index in [1.807, 2.05) is 25.3 Å². The molecule has 9 nitrogen and oxygen atoms in total. The van der Waals surface area contributed by atoms with Gasteiger partial charge in [0, 0.05) is 23.6 Å². The number of nitrogens with one attached hydrogen (secondary N) is 2. The normalized spacial score (nSPS) is 11.6. The van der Waals surface area contributed by atoms with E-state index in [0.29, 0.717) is 22.6 Å². The molecular formula is C20H19N5O4S. The molecule has 4 rings (SSSR count). The molecule has 0 saturated heterocycles. The first-order valence-electron chi connectivity index (χ1n) is 9.05. The molecule has 10 heteroatoms. The molecule has 0 saturated carbocycles. The topological polar surface area (TPSA) is 119 Å². The van der Waals surface area contributed by atoms with Crippen molar-refractivity contribution in [2.45, 2.75) is 25.7 Å². The second kappa shape index (κ2) is 7.30. The van der Waals surface area contributed by atoms with Crippen molar-refractivity contribution < 1.29 is 17.7 Å². The highest BCUT2D eigenvalue weighted by Gasteiger charge is 2.19. The van der Waals surface area contributed by atoms with Gasteiger partial charge in [-0.05, 0) is 62.7 Å². The maximum Gasteiger partial charge on any atom is 0.275 e. The summed E-state index contributed by atoms with van der Waals surface area (Å²) in [5.41, 5.74) is 3.64. The third-order valence-corrected chi connectivity index (χ3v) is 6.00. The third-order valence-electron chi connectivity index (χ3n) is 4.66. The predicted molar refractivity (Wildman–Crippen MR) is 111 cm³/mol. The third kappa shape index (κ3) is 3.77. The van der Waals surface area contributed by atoms with Crippen molar-refractivity contribution in [2.75, 3.05) is 10.0 Å². The molecule has 2 N–H and O–H groups in total. The number of carbonyl (C=O) groups excluding carboxylic acids is 1. The van der Waals surface area contributed by atoms with Crippen LogP contribution >= 0.6 is 0 Å². The van der Waals surface area contributed by atoms with E-state index in [4.69, 9.17) is 4.52 Å². The Morgan fingerprint density at radius 1 is 1.10 bits per heavy atom. The van der Waals surface area contributed by atoms with Crippen molar-refractivity contribution in [3.63, 3.8) is 0 Å². The quantitative estimate of drug-likeness (QED) is 0.506. The van der Waals surface area contributed by atoms with E-state index in [0.717, 1.165) is 5.56 Å². The van der Waals surface area contributed by atoms with Crippen LogP contribution in [0.2, 0.25) is 0 Å². The summed E-state index contributed by atoms with van der Waals surface area (Å²) in [4.78, 5) is 16.8. The maximum atomic E-state index is 12.5. The first-order valence-corrected chi connectivity index (χ1v) is 10.5. The number of aryl methyl sites for hydroxylation is 2. The minimum atomic E-state index is -3.85. The molecule has 1 amide bonds. The summed E-state index contributed by atoms with van der Waals surface area (Å²) in [5, 5.41) is 6.45. The molecule has 4 aromatic rings. The molecule has 154 valence electrons. The number of amides is 1. The van der Waals surface area contributed by atoms with Crippen molar-refractivity contribution in [1.29, 1.82) is 0 Å². The van der Waals surface area contributed by atoms with Gasteiger partial charge in [-0.15, -0.1) is 0 Å². The fraction of sp³-hybridized carbons (Fsp3) is 0.150. The van der Waals surface area contributed by atoms with E-state index in [9.17, 15) is 13.2 Å². The van der Waals surface area contributed by atoms with Crippen LogP contribution in [0.5, 0.6) is 0 Å². The van der Waals surface area contributed by atoms with Gasteiger partial charge in [0.05, 0.1) is 10.6 Å². The van der Waals surface area contributed by atoms with E-state index in [1.165, 1.54) is 24.3 Å². The van der Waals surface area contributed by atoms with Crippen LogP contribution in [0.15, 0.2) is 58.2 Å². The van der Waals surface area contributed by atoms with E-state index >= 15 is 0 Å². The molecule has 0 unspecified atom stereocenters. The van der Waals surface area contributed by atoms with Gasteiger partial charge in [0.25, 0.3) is 15.9 Å². The number of carbonyl (C=O) groups is 1. The molecule has 3 aromatic heterocycles. The van der Waals surface area contributed by atoms with Crippen LogP contribution in [0.1, 0.15) is 27.3 Å². The fourth-order valence-electron chi connectivity index (χ4n) is 2.80. The average Bonchev–Trinajstić information content (AvgIpc) is 3.26. The Kier molecular flexibility index (Phi) is 4.78. The zero-order valence-electron chi connectivity index (χ0n) is 16.5. The number of imidazole rings is 1. The zero-order chi connectivity index (χ0) is 21.5. The number of pyridine rings is 1. The Hall–Kier alpha value is -3.66. The Balaban J connectivity index is 1.49.